The molecule has 0 fully saturated rings. The lowest BCUT2D eigenvalue weighted by atomic mass is 9.73. The molecule has 0 aliphatic heterocycles. The Morgan fingerprint density at radius 3 is 2.28 bits per heavy atom. The monoisotopic (exact) mass is 271 g/mol. The van der Waals surface area contributed by atoms with Gasteiger partial charge in [-0.3, -0.25) is 0 Å². The van der Waals surface area contributed by atoms with Crippen molar-refractivity contribution < 1.29 is 4.39 Å². The van der Waals surface area contributed by atoms with Gasteiger partial charge in [-0.25, -0.2) is 4.39 Å². The van der Waals surface area contributed by atoms with Gasteiger partial charge >= 0.3 is 0 Å². The summed E-state index contributed by atoms with van der Waals surface area (Å²) >= 11 is 6.25. The maximum absolute atomic E-state index is 14.2. The second kappa shape index (κ2) is 7.10. The number of nitrogens with one attached hydrogen (secondary N) is 1. The van der Waals surface area contributed by atoms with Crippen molar-refractivity contribution in [3.05, 3.63) is 34.6 Å². The van der Waals surface area contributed by atoms with E-state index in [0.29, 0.717) is 10.6 Å². The van der Waals surface area contributed by atoms with Gasteiger partial charge in [0.15, 0.2) is 0 Å². The predicted octanol–water partition coefficient (Wildman–Crippen LogP) is 4.54. The maximum atomic E-state index is 14.2. The van der Waals surface area contributed by atoms with E-state index >= 15 is 0 Å². The lowest BCUT2D eigenvalue weighted by molar-refractivity contribution is 0.332. The van der Waals surface area contributed by atoms with Gasteiger partial charge in [0.05, 0.1) is 0 Å². The summed E-state index contributed by atoms with van der Waals surface area (Å²) in [7, 11) is 1.91. The number of halogens is 2. The van der Waals surface area contributed by atoms with Gasteiger partial charge in [-0.2, -0.15) is 0 Å². The fraction of sp³-hybridized carbons (Fsp3) is 0.600. The minimum atomic E-state index is -0.194. The molecule has 0 aliphatic rings. The first kappa shape index (κ1) is 15.5. The number of rotatable bonds is 7. The highest BCUT2D eigenvalue weighted by molar-refractivity contribution is 6.31. The molecule has 1 aromatic carbocycles. The van der Waals surface area contributed by atoms with Crippen LogP contribution in [0.3, 0.4) is 0 Å². The van der Waals surface area contributed by atoms with Gasteiger partial charge in [0.25, 0.3) is 0 Å². The van der Waals surface area contributed by atoms with Gasteiger partial charge in [0, 0.05) is 22.5 Å². The number of likely N-dealkylation sites (N-methyl/N-ethyl adjacent to an activating group) is 1. The van der Waals surface area contributed by atoms with Crippen molar-refractivity contribution in [1.29, 1.82) is 0 Å². The smallest absolute Gasteiger partial charge is 0.128 e. The predicted molar refractivity (Wildman–Crippen MR) is 76.8 cm³/mol. The molecule has 18 heavy (non-hydrogen) atoms. The third-order valence-electron chi connectivity index (χ3n) is 3.47. The summed E-state index contributed by atoms with van der Waals surface area (Å²) in [5, 5.41) is 3.75. The second-order valence-electron chi connectivity index (χ2n) is 4.91. The summed E-state index contributed by atoms with van der Waals surface area (Å²) in [6.45, 7) is 5.03. The van der Waals surface area contributed by atoms with Crippen LogP contribution in [0.2, 0.25) is 5.02 Å². The summed E-state index contributed by atoms with van der Waals surface area (Å²) in [6, 6.07) is 4.97. The van der Waals surface area contributed by atoms with Crippen LogP contribution in [0, 0.1) is 5.82 Å². The molecule has 0 amide bonds. The molecule has 0 aromatic heterocycles. The minimum absolute atomic E-state index is 0.181. The van der Waals surface area contributed by atoms with Crippen LogP contribution in [0.5, 0.6) is 0 Å². The standard InChI is InChI=1S/C15H23ClFN/c1-4-9-15(10-5-2,11-18-3)14-12(16)7-6-8-13(14)17/h6-8,18H,4-5,9-11H2,1-3H3. The quantitative estimate of drug-likeness (QED) is 0.768. The Hall–Kier alpha value is -0.600. The lowest BCUT2D eigenvalue weighted by Crippen LogP contribution is -2.38. The molecular weight excluding hydrogens is 249 g/mol. The molecule has 0 unspecified atom stereocenters. The highest BCUT2D eigenvalue weighted by Gasteiger charge is 2.34. The van der Waals surface area contributed by atoms with Crippen LogP contribution in [-0.4, -0.2) is 13.6 Å². The van der Waals surface area contributed by atoms with Crippen LogP contribution in [0.4, 0.5) is 4.39 Å². The van der Waals surface area contributed by atoms with Crippen molar-refractivity contribution in [3.8, 4) is 0 Å². The zero-order valence-corrected chi connectivity index (χ0v) is 12.3. The normalized spacial score (nSPS) is 11.8. The van der Waals surface area contributed by atoms with E-state index in [4.69, 9.17) is 11.6 Å². The number of hydrogen-bond acceptors (Lipinski definition) is 1. The Kier molecular flexibility index (Phi) is 6.10. The first-order chi connectivity index (χ1) is 8.61. The van der Waals surface area contributed by atoms with Crippen molar-refractivity contribution in [2.24, 2.45) is 0 Å². The zero-order chi connectivity index (χ0) is 13.6. The molecule has 0 bridgehead atoms. The van der Waals surface area contributed by atoms with Gasteiger partial charge in [0.2, 0.25) is 0 Å². The van der Waals surface area contributed by atoms with Crippen LogP contribution >= 0.6 is 11.6 Å². The summed E-state index contributed by atoms with van der Waals surface area (Å²) in [6.07, 6.45) is 3.93. The lowest BCUT2D eigenvalue weighted by Gasteiger charge is -2.35. The molecule has 0 radical (unpaired) electrons. The molecule has 0 spiro atoms. The van der Waals surface area contributed by atoms with Crippen molar-refractivity contribution in [3.63, 3.8) is 0 Å². The van der Waals surface area contributed by atoms with E-state index in [1.165, 1.54) is 6.07 Å². The molecule has 0 atom stereocenters. The Labute approximate surface area is 115 Å². The summed E-state index contributed by atoms with van der Waals surface area (Å²) in [5.74, 6) is -0.181. The van der Waals surface area contributed by atoms with E-state index in [0.717, 1.165) is 32.2 Å². The fourth-order valence-electron chi connectivity index (χ4n) is 2.94. The molecule has 0 aliphatic carbocycles. The van der Waals surface area contributed by atoms with Gasteiger partial charge < -0.3 is 5.32 Å². The Morgan fingerprint density at radius 2 is 1.83 bits per heavy atom. The Balaban J connectivity index is 3.30. The summed E-state index contributed by atoms with van der Waals surface area (Å²) in [5.41, 5.74) is 0.491. The Morgan fingerprint density at radius 1 is 1.22 bits per heavy atom. The second-order valence-corrected chi connectivity index (χ2v) is 5.31. The van der Waals surface area contributed by atoms with Crippen LogP contribution in [0.1, 0.15) is 45.1 Å². The molecule has 1 aromatic rings. The molecule has 0 saturated carbocycles. The fourth-order valence-corrected chi connectivity index (χ4v) is 3.30. The molecular formula is C15H23ClFN. The van der Waals surface area contributed by atoms with Gasteiger partial charge in [-0.15, -0.1) is 0 Å². The molecule has 1 nitrogen and oxygen atoms in total. The molecule has 1 N–H and O–H groups in total. The zero-order valence-electron chi connectivity index (χ0n) is 11.5. The minimum Gasteiger partial charge on any atom is -0.319 e. The molecule has 0 saturated heterocycles. The Bertz CT molecular complexity index is 341. The maximum Gasteiger partial charge on any atom is 0.128 e. The number of hydrogen-bond donors (Lipinski definition) is 1. The highest BCUT2D eigenvalue weighted by Crippen LogP contribution is 2.39. The van der Waals surface area contributed by atoms with Gasteiger partial charge in [-0.1, -0.05) is 44.4 Å². The van der Waals surface area contributed by atoms with Crippen LogP contribution in [-0.2, 0) is 5.41 Å². The largest absolute Gasteiger partial charge is 0.319 e. The topological polar surface area (TPSA) is 12.0 Å². The van der Waals surface area contributed by atoms with Crippen LogP contribution in [0.25, 0.3) is 0 Å². The molecule has 3 heteroatoms. The average Bonchev–Trinajstić information content (AvgIpc) is 2.29. The van der Waals surface area contributed by atoms with E-state index in [-0.39, 0.29) is 11.2 Å². The summed E-state index contributed by atoms with van der Waals surface area (Å²) < 4.78 is 14.2. The van der Waals surface area contributed by atoms with Crippen LogP contribution < -0.4 is 5.32 Å². The van der Waals surface area contributed by atoms with E-state index in [9.17, 15) is 4.39 Å². The van der Waals surface area contributed by atoms with Crippen molar-refractivity contribution in [2.45, 2.75) is 44.9 Å². The first-order valence-electron chi connectivity index (χ1n) is 6.70. The van der Waals surface area contributed by atoms with Crippen molar-refractivity contribution >= 4 is 11.6 Å². The number of benzene rings is 1. The average molecular weight is 272 g/mol. The van der Waals surface area contributed by atoms with Gasteiger partial charge in [0.1, 0.15) is 5.82 Å². The summed E-state index contributed by atoms with van der Waals surface area (Å²) in [4.78, 5) is 0. The van der Waals surface area contributed by atoms with E-state index < -0.39 is 0 Å². The third kappa shape index (κ3) is 3.24. The molecule has 102 valence electrons. The van der Waals surface area contributed by atoms with E-state index in [1.54, 1.807) is 12.1 Å². The molecule has 0 heterocycles. The van der Waals surface area contributed by atoms with Crippen molar-refractivity contribution in [1.82, 2.24) is 5.32 Å². The van der Waals surface area contributed by atoms with Crippen molar-refractivity contribution in [2.75, 3.05) is 13.6 Å². The first-order valence-corrected chi connectivity index (χ1v) is 7.08. The molecule has 1 rings (SSSR count). The van der Waals surface area contributed by atoms with Crippen LogP contribution in [0.15, 0.2) is 18.2 Å². The van der Waals surface area contributed by atoms with E-state index in [1.807, 2.05) is 7.05 Å². The SMILES string of the molecule is CCCC(CCC)(CNC)c1c(F)cccc1Cl. The van der Waals surface area contributed by atoms with Gasteiger partial charge in [-0.05, 0) is 32.0 Å². The third-order valence-corrected chi connectivity index (χ3v) is 3.78. The van der Waals surface area contributed by atoms with E-state index in [2.05, 4.69) is 19.2 Å². The highest BCUT2D eigenvalue weighted by atomic mass is 35.5.